The van der Waals surface area contributed by atoms with Crippen molar-refractivity contribution in [3.63, 3.8) is 0 Å². The molecule has 1 aromatic carbocycles. The number of rotatable bonds is 4. The lowest BCUT2D eigenvalue weighted by molar-refractivity contribution is -0.146. The fourth-order valence-electron chi connectivity index (χ4n) is 1.02. The van der Waals surface area contributed by atoms with Crippen LogP contribution in [0.25, 0.3) is 0 Å². The van der Waals surface area contributed by atoms with Gasteiger partial charge in [-0.25, -0.2) is 4.39 Å². The SMILES string of the molecule is CC(C)(CNc1ccc(F)cc1Cl)C(=O)O. The molecule has 0 aromatic heterocycles. The Morgan fingerprint density at radius 3 is 2.69 bits per heavy atom. The fourth-order valence-corrected chi connectivity index (χ4v) is 1.26. The van der Waals surface area contributed by atoms with Crippen molar-refractivity contribution in [2.75, 3.05) is 11.9 Å². The van der Waals surface area contributed by atoms with Crippen LogP contribution in [0.15, 0.2) is 18.2 Å². The summed E-state index contributed by atoms with van der Waals surface area (Å²) >= 11 is 5.79. The third-order valence-corrected chi connectivity index (χ3v) is 2.54. The number of hydrogen-bond donors (Lipinski definition) is 2. The van der Waals surface area contributed by atoms with Gasteiger partial charge in [0.1, 0.15) is 5.82 Å². The highest BCUT2D eigenvalue weighted by atomic mass is 35.5. The fraction of sp³-hybridized carbons (Fsp3) is 0.364. The van der Waals surface area contributed by atoms with Crippen molar-refractivity contribution in [3.8, 4) is 0 Å². The third-order valence-electron chi connectivity index (χ3n) is 2.23. The molecular weight excluding hydrogens is 233 g/mol. The van der Waals surface area contributed by atoms with Gasteiger partial charge in [0.25, 0.3) is 0 Å². The van der Waals surface area contributed by atoms with Gasteiger partial charge in [0.05, 0.1) is 16.1 Å². The molecule has 0 fully saturated rings. The summed E-state index contributed by atoms with van der Waals surface area (Å²) in [6.07, 6.45) is 0. The van der Waals surface area contributed by atoms with Crippen LogP contribution in [0.1, 0.15) is 13.8 Å². The van der Waals surface area contributed by atoms with Crippen molar-refractivity contribution >= 4 is 23.3 Å². The quantitative estimate of drug-likeness (QED) is 0.857. The van der Waals surface area contributed by atoms with E-state index in [4.69, 9.17) is 16.7 Å². The molecule has 0 aliphatic heterocycles. The Labute approximate surface area is 98.2 Å². The topological polar surface area (TPSA) is 49.3 Å². The van der Waals surface area contributed by atoms with Crippen molar-refractivity contribution in [3.05, 3.63) is 29.0 Å². The first-order chi connectivity index (χ1) is 7.33. The highest BCUT2D eigenvalue weighted by molar-refractivity contribution is 6.33. The van der Waals surface area contributed by atoms with Crippen molar-refractivity contribution in [1.82, 2.24) is 0 Å². The molecule has 0 atom stereocenters. The second kappa shape index (κ2) is 4.70. The van der Waals surface area contributed by atoms with Crippen LogP contribution in [-0.2, 0) is 4.79 Å². The maximum Gasteiger partial charge on any atom is 0.310 e. The van der Waals surface area contributed by atoms with Crippen molar-refractivity contribution < 1.29 is 14.3 Å². The first-order valence-electron chi connectivity index (χ1n) is 4.75. The molecule has 0 radical (unpaired) electrons. The number of halogens is 2. The van der Waals surface area contributed by atoms with E-state index in [0.29, 0.717) is 5.69 Å². The molecule has 0 saturated heterocycles. The first-order valence-corrected chi connectivity index (χ1v) is 5.13. The highest BCUT2D eigenvalue weighted by Crippen LogP contribution is 2.24. The highest BCUT2D eigenvalue weighted by Gasteiger charge is 2.26. The summed E-state index contributed by atoms with van der Waals surface area (Å²) in [5.41, 5.74) is -0.380. The monoisotopic (exact) mass is 245 g/mol. The van der Waals surface area contributed by atoms with Gasteiger partial charge in [-0.1, -0.05) is 11.6 Å². The van der Waals surface area contributed by atoms with Gasteiger partial charge in [-0.3, -0.25) is 4.79 Å². The van der Waals surface area contributed by atoms with Gasteiger partial charge in [0.2, 0.25) is 0 Å². The lowest BCUT2D eigenvalue weighted by atomic mass is 9.94. The van der Waals surface area contributed by atoms with Crippen LogP contribution in [0.4, 0.5) is 10.1 Å². The Morgan fingerprint density at radius 1 is 1.56 bits per heavy atom. The van der Waals surface area contributed by atoms with Gasteiger partial charge in [0, 0.05) is 6.54 Å². The number of benzene rings is 1. The molecule has 3 nitrogen and oxygen atoms in total. The van der Waals surface area contributed by atoms with E-state index < -0.39 is 17.2 Å². The third kappa shape index (κ3) is 3.10. The van der Waals surface area contributed by atoms with Crippen LogP contribution >= 0.6 is 11.6 Å². The number of carboxylic acid groups (broad SMARTS) is 1. The lowest BCUT2D eigenvalue weighted by Gasteiger charge is -2.20. The Morgan fingerprint density at radius 2 is 2.19 bits per heavy atom. The summed E-state index contributed by atoms with van der Waals surface area (Å²) in [7, 11) is 0. The van der Waals surface area contributed by atoms with Crippen LogP contribution in [0.5, 0.6) is 0 Å². The maximum absolute atomic E-state index is 12.7. The van der Waals surface area contributed by atoms with Gasteiger partial charge < -0.3 is 10.4 Å². The number of carboxylic acids is 1. The molecular formula is C11H13ClFNO2. The molecule has 88 valence electrons. The summed E-state index contributed by atoms with van der Waals surface area (Å²) < 4.78 is 12.7. The zero-order valence-corrected chi connectivity index (χ0v) is 9.81. The molecule has 16 heavy (non-hydrogen) atoms. The second-order valence-electron chi connectivity index (χ2n) is 4.17. The standard InChI is InChI=1S/C11H13ClFNO2/c1-11(2,10(15)16)6-14-9-4-3-7(13)5-8(9)12/h3-5,14H,6H2,1-2H3,(H,15,16). The average Bonchev–Trinajstić information content (AvgIpc) is 2.16. The molecule has 0 bridgehead atoms. The van der Waals surface area contributed by atoms with Crippen molar-refractivity contribution in [2.24, 2.45) is 5.41 Å². The molecule has 0 heterocycles. The van der Waals surface area contributed by atoms with E-state index >= 15 is 0 Å². The van der Waals surface area contributed by atoms with E-state index in [1.54, 1.807) is 13.8 Å². The molecule has 1 aromatic rings. The van der Waals surface area contributed by atoms with E-state index in [1.165, 1.54) is 18.2 Å². The molecule has 2 N–H and O–H groups in total. The summed E-state index contributed by atoms with van der Waals surface area (Å²) in [5, 5.41) is 12.0. The van der Waals surface area contributed by atoms with E-state index in [-0.39, 0.29) is 11.6 Å². The van der Waals surface area contributed by atoms with Crippen LogP contribution < -0.4 is 5.32 Å². The van der Waals surface area contributed by atoms with Crippen molar-refractivity contribution in [2.45, 2.75) is 13.8 Å². The van der Waals surface area contributed by atoms with Crippen LogP contribution in [-0.4, -0.2) is 17.6 Å². The van der Waals surface area contributed by atoms with E-state index in [2.05, 4.69) is 5.32 Å². The van der Waals surface area contributed by atoms with Gasteiger partial charge in [-0.2, -0.15) is 0 Å². The van der Waals surface area contributed by atoms with Crippen LogP contribution in [0.3, 0.4) is 0 Å². The van der Waals surface area contributed by atoms with Gasteiger partial charge >= 0.3 is 5.97 Å². The minimum Gasteiger partial charge on any atom is -0.481 e. The Balaban J connectivity index is 2.72. The molecule has 5 heteroatoms. The summed E-state index contributed by atoms with van der Waals surface area (Å²) in [6, 6.07) is 3.93. The Hall–Kier alpha value is -1.29. The van der Waals surface area contributed by atoms with E-state index in [9.17, 15) is 9.18 Å². The Bertz CT molecular complexity index is 407. The number of carbonyl (C=O) groups is 1. The number of aliphatic carboxylic acids is 1. The summed E-state index contributed by atoms with van der Waals surface area (Å²) in [6.45, 7) is 3.41. The Kier molecular flexibility index (Phi) is 3.75. The summed E-state index contributed by atoms with van der Waals surface area (Å²) in [4.78, 5) is 10.8. The molecule has 0 aliphatic rings. The number of hydrogen-bond acceptors (Lipinski definition) is 2. The predicted molar refractivity (Wildman–Crippen MR) is 61.3 cm³/mol. The predicted octanol–water partition coefficient (Wildman–Crippen LogP) is 3.00. The van der Waals surface area contributed by atoms with E-state index in [0.717, 1.165) is 0 Å². The van der Waals surface area contributed by atoms with E-state index in [1.807, 2.05) is 0 Å². The van der Waals surface area contributed by atoms with Gasteiger partial charge in [0.15, 0.2) is 0 Å². The van der Waals surface area contributed by atoms with Gasteiger partial charge in [-0.05, 0) is 32.0 Å². The number of nitrogens with one attached hydrogen (secondary N) is 1. The molecule has 0 amide bonds. The molecule has 0 saturated carbocycles. The van der Waals surface area contributed by atoms with Crippen LogP contribution in [0.2, 0.25) is 5.02 Å². The minimum atomic E-state index is -0.905. The lowest BCUT2D eigenvalue weighted by Crippen LogP contribution is -2.31. The number of anilines is 1. The second-order valence-corrected chi connectivity index (χ2v) is 4.57. The van der Waals surface area contributed by atoms with Crippen molar-refractivity contribution in [1.29, 1.82) is 0 Å². The molecule has 0 spiro atoms. The normalized spacial score (nSPS) is 11.2. The smallest absolute Gasteiger partial charge is 0.310 e. The molecule has 1 rings (SSSR count). The zero-order valence-electron chi connectivity index (χ0n) is 9.05. The zero-order chi connectivity index (χ0) is 12.3. The summed E-state index contributed by atoms with van der Waals surface area (Å²) in [5.74, 6) is -1.33. The molecule has 0 unspecified atom stereocenters. The first kappa shape index (κ1) is 12.8. The maximum atomic E-state index is 12.7. The van der Waals surface area contributed by atoms with Gasteiger partial charge in [-0.15, -0.1) is 0 Å². The van der Waals surface area contributed by atoms with Crippen LogP contribution in [0, 0.1) is 11.2 Å². The molecule has 0 aliphatic carbocycles. The largest absolute Gasteiger partial charge is 0.481 e. The average molecular weight is 246 g/mol. The minimum absolute atomic E-state index is 0.216.